The number of anilines is 1. The molecule has 0 N–H and O–H groups in total. The summed E-state index contributed by atoms with van der Waals surface area (Å²) in [4.78, 5) is 24.6. The molecule has 138 valence electrons. The summed E-state index contributed by atoms with van der Waals surface area (Å²) in [5.74, 6) is 0.318. The Balaban J connectivity index is 3.18. The number of hydrogen-bond acceptors (Lipinski definition) is 5. The van der Waals surface area contributed by atoms with Gasteiger partial charge in [0.25, 0.3) is 5.69 Å². The summed E-state index contributed by atoms with van der Waals surface area (Å²) in [6.45, 7) is 11.9. The molecule has 0 aliphatic heterocycles. The van der Waals surface area contributed by atoms with Gasteiger partial charge in [0.1, 0.15) is 5.69 Å². The lowest BCUT2D eigenvalue weighted by Gasteiger charge is -2.28. The molecule has 0 unspecified atom stereocenters. The van der Waals surface area contributed by atoms with Crippen molar-refractivity contribution in [3.05, 3.63) is 40.0 Å². The van der Waals surface area contributed by atoms with Gasteiger partial charge in [-0.2, -0.15) is 0 Å². The summed E-state index contributed by atoms with van der Waals surface area (Å²) in [5.41, 5.74) is 1.26. The van der Waals surface area contributed by atoms with Gasteiger partial charge in [-0.25, -0.2) is 4.79 Å². The molecule has 1 aromatic rings. The molecule has 0 aliphatic rings. The van der Waals surface area contributed by atoms with Gasteiger partial charge in [-0.1, -0.05) is 33.8 Å². The van der Waals surface area contributed by atoms with Crippen LogP contribution in [0.5, 0.6) is 0 Å². The first-order valence-corrected chi connectivity index (χ1v) is 8.62. The molecule has 0 amide bonds. The Kier molecular flexibility index (Phi) is 8.11. The minimum Gasteiger partial charge on any atom is -0.463 e. The highest BCUT2D eigenvalue weighted by molar-refractivity contribution is 5.87. The Morgan fingerprint density at radius 1 is 1.24 bits per heavy atom. The summed E-state index contributed by atoms with van der Waals surface area (Å²) < 4.78 is 4.82. The number of nitrogens with zero attached hydrogens (tertiary/aromatic N) is 2. The quantitative estimate of drug-likeness (QED) is 0.288. The van der Waals surface area contributed by atoms with E-state index in [2.05, 4.69) is 32.6 Å². The average Bonchev–Trinajstić information content (AvgIpc) is 2.51. The lowest BCUT2D eigenvalue weighted by atomic mass is 10.1. The van der Waals surface area contributed by atoms with Gasteiger partial charge in [0.15, 0.2) is 0 Å². The zero-order valence-electron chi connectivity index (χ0n) is 15.7. The maximum absolute atomic E-state index is 11.6. The molecule has 0 heterocycles. The highest BCUT2D eigenvalue weighted by Crippen LogP contribution is 2.31. The minimum atomic E-state index is -0.463. The van der Waals surface area contributed by atoms with Gasteiger partial charge in [0.05, 0.1) is 11.5 Å². The van der Waals surface area contributed by atoms with Gasteiger partial charge < -0.3 is 9.64 Å². The fourth-order valence-corrected chi connectivity index (χ4v) is 2.57. The Bertz CT molecular complexity index is 614. The number of ether oxygens (including phenoxy) is 1. The van der Waals surface area contributed by atoms with Crippen molar-refractivity contribution in [1.29, 1.82) is 0 Å². The van der Waals surface area contributed by atoms with Gasteiger partial charge in [-0.15, -0.1) is 0 Å². The summed E-state index contributed by atoms with van der Waals surface area (Å²) >= 11 is 0. The Hall–Kier alpha value is -2.37. The molecule has 6 heteroatoms. The maximum atomic E-state index is 11.6. The molecule has 0 radical (unpaired) electrons. The SMILES string of the molecule is CCOC(=O)/C=C/c1ccc(N(CC(C)C)CC(C)C)c([N+](=O)[O-])c1. The van der Waals surface area contributed by atoms with Crippen molar-refractivity contribution in [2.75, 3.05) is 24.6 Å². The lowest BCUT2D eigenvalue weighted by molar-refractivity contribution is -0.384. The van der Waals surface area contributed by atoms with Crippen molar-refractivity contribution in [3.8, 4) is 0 Å². The Labute approximate surface area is 149 Å². The second-order valence-electron chi connectivity index (χ2n) is 6.78. The summed E-state index contributed by atoms with van der Waals surface area (Å²) in [7, 11) is 0. The minimum absolute atomic E-state index is 0.0484. The van der Waals surface area contributed by atoms with E-state index < -0.39 is 5.97 Å². The normalized spacial score (nSPS) is 11.3. The molecule has 0 bridgehead atoms. The number of esters is 1. The van der Waals surface area contributed by atoms with Crippen LogP contribution in [0, 0.1) is 22.0 Å². The number of hydrogen-bond donors (Lipinski definition) is 0. The molecule has 6 nitrogen and oxygen atoms in total. The van der Waals surface area contributed by atoms with E-state index >= 15 is 0 Å². The third kappa shape index (κ3) is 6.95. The van der Waals surface area contributed by atoms with E-state index in [4.69, 9.17) is 4.74 Å². The van der Waals surface area contributed by atoms with Crippen LogP contribution in [0.2, 0.25) is 0 Å². The van der Waals surface area contributed by atoms with E-state index in [0.717, 1.165) is 13.1 Å². The number of nitro benzene ring substituents is 1. The smallest absolute Gasteiger partial charge is 0.330 e. The molecule has 1 aromatic carbocycles. The highest BCUT2D eigenvalue weighted by atomic mass is 16.6. The Morgan fingerprint density at radius 2 is 1.84 bits per heavy atom. The second kappa shape index (κ2) is 9.81. The van der Waals surface area contributed by atoms with Crippen molar-refractivity contribution in [2.24, 2.45) is 11.8 Å². The molecule has 0 aromatic heterocycles. The predicted molar refractivity (Wildman–Crippen MR) is 101 cm³/mol. The monoisotopic (exact) mass is 348 g/mol. The molecule has 0 saturated carbocycles. The third-order valence-corrected chi connectivity index (χ3v) is 3.41. The van der Waals surface area contributed by atoms with E-state index in [1.54, 1.807) is 19.1 Å². The first-order valence-electron chi connectivity index (χ1n) is 8.62. The van der Waals surface area contributed by atoms with Gasteiger partial charge >= 0.3 is 5.97 Å². The number of rotatable bonds is 9. The zero-order chi connectivity index (χ0) is 19.0. The molecular weight excluding hydrogens is 320 g/mol. The van der Waals surface area contributed by atoms with Gasteiger partial charge in [0, 0.05) is 25.2 Å². The van der Waals surface area contributed by atoms with Crippen LogP contribution in [0.1, 0.15) is 40.2 Å². The standard InChI is InChI=1S/C19H28N2O4/c1-6-25-19(22)10-8-16-7-9-17(18(11-16)21(23)24)20(12-14(2)3)13-15(4)5/h7-11,14-15H,6,12-13H2,1-5H3/b10-8+. The number of carbonyl (C=O) groups is 1. The van der Waals surface area contributed by atoms with Crippen LogP contribution in [0.25, 0.3) is 6.08 Å². The summed E-state index contributed by atoms with van der Waals surface area (Å²) in [5, 5.41) is 11.6. The van der Waals surface area contributed by atoms with Crippen LogP contribution in [0.3, 0.4) is 0 Å². The van der Waals surface area contributed by atoms with E-state index in [9.17, 15) is 14.9 Å². The van der Waals surface area contributed by atoms with Gasteiger partial charge in [-0.3, -0.25) is 10.1 Å². The maximum Gasteiger partial charge on any atom is 0.330 e. The van der Waals surface area contributed by atoms with Crippen molar-refractivity contribution in [3.63, 3.8) is 0 Å². The molecule has 0 saturated heterocycles. The van der Waals surface area contributed by atoms with E-state index in [-0.39, 0.29) is 10.6 Å². The largest absolute Gasteiger partial charge is 0.463 e. The number of benzene rings is 1. The average molecular weight is 348 g/mol. The molecule has 0 spiro atoms. The van der Waals surface area contributed by atoms with Crippen LogP contribution in [0.15, 0.2) is 24.3 Å². The highest BCUT2D eigenvalue weighted by Gasteiger charge is 2.21. The van der Waals surface area contributed by atoms with Crippen LogP contribution >= 0.6 is 0 Å². The zero-order valence-corrected chi connectivity index (χ0v) is 15.7. The third-order valence-electron chi connectivity index (χ3n) is 3.41. The van der Waals surface area contributed by atoms with Crippen molar-refractivity contribution >= 4 is 23.4 Å². The molecule has 0 fully saturated rings. The number of carbonyl (C=O) groups excluding carboxylic acids is 1. The van der Waals surface area contributed by atoms with E-state index in [1.807, 2.05) is 0 Å². The lowest BCUT2D eigenvalue weighted by Crippen LogP contribution is -2.31. The molecular formula is C19H28N2O4. The second-order valence-corrected chi connectivity index (χ2v) is 6.78. The Morgan fingerprint density at radius 3 is 2.32 bits per heavy atom. The van der Waals surface area contributed by atoms with Crippen LogP contribution in [-0.2, 0) is 9.53 Å². The number of nitro groups is 1. The summed E-state index contributed by atoms with van der Waals surface area (Å²) in [6, 6.07) is 5.04. The van der Waals surface area contributed by atoms with Crippen LogP contribution < -0.4 is 4.90 Å². The molecule has 1 rings (SSSR count). The first-order chi connectivity index (χ1) is 11.7. The fraction of sp³-hybridized carbons (Fsp3) is 0.526. The topological polar surface area (TPSA) is 72.7 Å². The molecule has 0 aliphatic carbocycles. The summed E-state index contributed by atoms with van der Waals surface area (Å²) in [6.07, 6.45) is 2.81. The van der Waals surface area contributed by atoms with Gasteiger partial charge in [-0.05, 0) is 36.5 Å². The van der Waals surface area contributed by atoms with E-state index in [0.29, 0.717) is 29.7 Å². The van der Waals surface area contributed by atoms with Crippen molar-refractivity contribution in [2.45, 2.75) is 34.6 Å². The fourth-order valence-electron chi connectivity index (χ4n) is 2.57. The van der Waals surface area contributed by atoms with Crippen LogP contribution in [-0.4, -0.2) is 30.6 Å². The predicted octanol–water partition coefficient (Wildman–Crippen LogP) is 4.29. The van der Waals surface area contributed by atoms with Crippen molar-refractivity contribution in [1.82, 2.24) is 0 Å². The van der Waals surface area contributed by atoms with Crippen LogP contribution in [0.4, 0.5) is 11.4 Å². The van der Waals surface area contributed by atoms with Crippen molar-refractivity contribution < 1.29 is 14.5 Å². The molecule has 0 atom stereocenters. The molecule has 25 heavy (non-hydrogen) atoms. The van der Waals surface area contributed by atoms with Gasteiger partial charge in [0.2, 0.25) is 0 Å². The first kappa shape index (κ1) is 20.7. The van der Waals surface area contributed by atoms with E-state index in [1.165, 1.54) is 18.2 Å².